The summed E-state index contributed by atoms with van der Waals surface area (Å²) in [6, 6.07) is 8.33. The van der Waals surface area contributed by atoms with E-state index in [0.29, 0.717) is 0 Å². The topological polar surface area (TPSA) is 54.9 Å². The minimum absolute atomic E-state index is 0.0719. The van der Waals surface area contributed by atoms with Crippen LogP contribution < -0.4 is 15.4 Å². The number of rotatable bonds is 6. The molecule has 0 radical (unpaired) electrons. The molecule has 1 unspecified atom stereocenters. The number of hydrogen-bond donors (Lipinski definition) is 2. The first-order valence-corrected chi connectivity index (χ1v) is 8.83. The van der Waals surface area contributed by atoms with Crippen LogP contribution in [0.15, 0.2) is 29.3 Å². The fraction of sp³-hybridized carbons (Fsp3) is 0.632. The number of ether oxygens (including phenoxy) is 2. The minimum Gasteiger partial charge on any atom is -0.496 e. The molecule has 0 spiro atoms. The highest BCUT2D eigenvalue weighted by Gasteiger charge is 2.46. The van der Waals surface area contributed by atoms with Gasteiger partial charge in [-0.1, -0.05) is 18.2 Å². The second kappa shape index (κ2) is 7.01. The SMILES string of the molecule is CN=C(NCC1(C)CCCO1)NCC1(c2ccccc2OC)CC1. The molecule has 2 aliphatic rings. The van der Waals surface area contributed by atoms with Gasteiger partial charge in [-0.05, 0) is 38.7 Å². The predicted octanol–water partition coefficient (Wildman–Crippen LogP) is 2.46. The highest BCUT2D eigenvalue weighted by Crippen LogP contribution is 2.50. The van der Waals surface area contributed by atoms with Crippen LogP contribution in [-0.4, -0.2) is 45.4 Å². The first-order chi connectivity index (χ1) is 11.6. The second-order valence-corrected chi connectivity index (χ2v) is 7.16. The summed E-state index contributed by atoms with van der Waals surface area (Å²) in [7, 11) is 3.56. The van der Waals surface area contributed by atoms with Crippen molar-refractivity contribution in [1.29, 1.82) is 0 Å². The molecular formula is C19H29N3O2. The average Bonchev–Trinajstić information content (AvgIpc) is 3.28. The molecule has 5 nitrogen and oxygen atoms in total. The van der Waals surface area contributed by atoms with Crippen LogP contribution in [0.1, 0.15) is 38.2 Å². The molecule has 2 fully saturated rings. The normalized spacial score (nSPS) is 25.4. The number of aliphatic imine (C=N–C) groups is 1. The van der Waals surface area contributed by atoms with E-state index < -0.39 is 0 Å². The number of nitrogens with zero attached hydrogens (tertiary/aromatic N) is 1. The van der Waals surface area contributed by atoms with Crippen LogP contribution in [0.4, 0.5) is 0 Å². The molecule has 3 rings (SSSR count). The van der Waals surface area contributed by atoms with Crippen molar-refractivity contribution in [3.8, 4) is 5.75 Å². The van der Waals surface area contributed by atoms with E-state index in [1.807, 2.05) is 19.2 Å². The van der Waals surface area contributed by atoms with E-state index in [0.717, 1.165) is 44.2 Å². The summed E-state index contributed by atoms with van der Waals surface area (Å²) in [5.41, 5.74) is 1.39. The predicted molar refractivity (Wildman–Crippen MR) is 96.9 cm³/mol. The summed E-state index contributed by atoms with van der Waals surface area (Å²) in [6.07, 6.45) is 4.60. The van der Waals surface area contributed by atoms with Gasteiger partial charge in [0, 0.05) is 37.7 Å². The Bertz CT molecular complexity index is 590. The molecule has 1 saturated heterocycles. The molecular weight excluding hydrogens is 302 g/mol. The molecule has 5 heteroatoms. The Kier molecular flexibility index (Phi) is 4.99. The van der Waals surface area contributed by atoms with Gasteiger partial charge in [0.2, 0.25) is 0 Å². The van der Waals surface area contributed by atoms with E-state index in [4.69, 9.17) is 9.47 Å². The molecule has 0 aromatic heterocycles. The Morgan fingerprint density at radius 3 is 2.58 bits per heavy atom. The highest BCUT2D eigenvalue weighted by atomic mass is 16.5. The number of benzene rings is 1. The van der Waals surface area contributed by atoms with Crippen molar-refractivity contribution in [2.75, 3.05) is 33.9 Å². The van der Waals surface area contributed by atoms with Crippen LogP contribution >= 0.6 is 0 Å². The Labute approximate surface area is 144 Å². The zero-order valence-electron chi connectivity index (χ0n) is 15.0. The minimum atomic E-state index is -0.0719. The average molecular weight is 331 g/mol. The van der Waals surface area contributed by atoms with E-state index in [9.17, 15) is 0 Å². The van der Waals surface area contributed by atoms with Gasteiger partial charge in [-0.3, -0.25) is 4.99 Å². The zero-order valence-corrected chi connectivity index (χ0v) is 15.0. The van der Waals surface area contributed by atoms with E-state index in [1.54, 1.807) is 7.11 Å². The largest absolute Gasteiger partial charge is 0.496 e. The maximum atomic E-state index is 5.83. The van der Waals surface area contributed by atoms with Crippen molar-refractivity contribution >= 4 is 5.96 Å². The third-order valence-corrected chi connectivity index (χ3v) is 5.28. The summed E-state index contributed by atoms with van der Waals surface area (Å²) in [5.74, 6) is 1.82. The summed E-state index contributed by atoms with van der Waals surface area (Å²) < 4.78 is 11.4. The van der Waals surface area contributed by atoms with Crippen molar-refractivity contribution < 1.29 is 9.47 Å². The van der Waals surface area contributed by atoms with Gasteiger partial charge in [0.05, 0.1) is 12.7 Å². The summed E-state index contributed by atoms with van der Waals surface area (Å²) in [6.45, 7) is 4.68. The Morgan fingerprint density at radius 1 is 1.21 bits per heavy atom. The van der Waals surface area contributed by atoms with Gasteiger partial charge in [0.25, 0.3) is 0 Å². The number of guanidine groups is 1. The summed E-state index contributed by atoms with van der Waals surface area (Å²) in [4.78, 5) is 4.35. The Balaban J connectivity index is 1.57. The monoisotopic (exact) mass is 331 g/mol. The van der Waals surface area contributed by atoms with E-state index in [1.165, 1.54) is 18.4 Å². The molecule has 0 amide bonds. The molecule has 1 heterocycles. The van der Waals surface area contributed by atoms with Gasteiger partial charge >= 0.3 is 0 Å². The number of para-hydroxylation sites is 1. The van der Waals surface area contributed by atoms with Crippen LogP contribution in [0.2, 0.25) is 0 Å². The quantitative estimate of drug-likeness (QED) is 0.621. The van der Waals surface area contributed by atoms with Gasteiger partial charge in [-0.15, -0.1) is 0 Å². The molecule has 1 aliphatic carbocycles. The van der Waals surface area contributed by atoms with Crippen LogP contribution in [0.3, 0.4) is 0 Å². The number of methoxy groups -OCH3 is 1. The van der Waals surface area contributed by atoms with Crippen molar-refractivity contribution in [2.24, 2.45) is 4.99 Å². The molecule has 0 bridgehead atoms. The van der Waals surface area contributed by atoms with Gasteiger partial charge in [-0.2, -0.15) is 0 Å². The highest BCUT2D eigenvalue weighted by molar-refractivity contribution is 5.80. The number of hydrogen-bond acceptors (Lipinski definition) is 3. The smallest absolute Gasteiger partial charge is 0.191 e. The molecule has 1 aromatic rings. The van der Waals surface area contributed by atoms with Gasteiger partial charge in [0.15, 0.2) is 5.96 Å². The first-order valence-electron chi connectivity index (χ1n) is 8.83. The fourth-order valence-corrected chi connectivity index (χ4v) is 3.50. The van der Waals surface area contributed by atoms with Gasteiger partial charge in [0.1, 0.15) is 5.75 Å². The van der Waals surface area contributed by atoms with Gasteiger partial charge in [-0.25, -0.2) is 0 Å². The standard InChI is InChI=1S/C19H29N3O2/c1-18(9-6-12-24-18)13-21-17(20-2)22-14-19(10-11-19)15-7-4-5-8-16(15)23-3/h4-5,7-8H,6,9-14H2,1-3H3,(H2,20,21,22). The lowest BCUT2D eigenvalue weighted by Crippen LogP contribution is -2.47. The molecule has 1 aliphatic heterocycles. The maximum absolute atomic E-state index is 5.83. The molecule has 2 N–H and O–H groups in total. The molecule has 132 valence electrons. The third-order valence-electron chi connectivity index (χ3n) is 5.28. The number of nitrogens with one attached hydrogen (secondary N) is 2. The lowest BCUT2D eigenvalue weighted by atomic mass is 9.95. The molecule has 24 heavy (non-hydrogen) atoms. The molecule has 1 saturated carbocycles. The maximum Gasteiger partial charge on any atom is 0.191 e. The van der Waals surface area contributed by atoms with Crippen LogP contribution in [0, 0.1) is 0 Å². The third kappa shape index (κ3) is 3.66. The Hall–Kier alpha value is -1.75. The van der Waals surface area contributed by atoms with Crippen molar-refractivity contribution in [3.63, 3.8) is 0 Å². The van der Waals surface area contributed by atoms with E-state index >= 15 is 0 Å². The van der Waals surface area contributed by atoms with Crippen LogP contribution in [0.25, 0.3) is 0 Å². The van der Waals surface area contributed by atoms with E-state index in [-0.39, 0.29) is 11.0 Å². The first kappa shape index (κ1) is 17.1. The lowest BCUT2D eigenvalue weighted by molar-refractivity contribution is 0.0243. The summed E-state index contributed by atoms with van der Waals surface area (Å²) >= 11 is 0. The van der Waals surface area contributed by atoms with Crippen LogP contribution in [0.5, 0.6) is 5.75 Å². The Morgan fingerprint density at radius 2 is 1.96 bits per heavy atom. The van der Waals surface area contributed by atoms with Crippen molar-refractivity contribution in [3.05, 3.63) is 29.8 Å². The fourth-order valence-electron chi connectivity index (χ4n) is 3.50. The van der Waals surface area contributed by atoms with E-state index in [2.05, 4.69) is 34.7 Å². The molecule has 1 aromatic carbocycles. The van der Waals surface area contributed by atoms with Crippen molar-refractivity contribution in [2.45, 2.75) is 43.6 Å². The van der Waals surface area contributed by atoms with Crippen LogP contribution in [-0.2, 0) is 10.2 Å². The summed E-state index contributed by atoms with van der Waals surface area (Å²) in [5, 5.41) is 6.91. The zero-order chi connectivity index (χ0) is 17.0. The van der Waals surface area contributed by atoms with Crippen molar-refractivity contribution in [1.82, 2.24) is 10.6 Å². The lowest BCUT2D eigenvalue weighted by Gasteiger charge is -2.26. The second-order valence-electron chi connectivity index (χ2n) is 7.16. The van der Waals surface area contributed by atoms with Gasteiger partial charge < -0.3 is 20.1 Å². The molecule has 1 atom stereocenters.